The fourth-order valence-electron chi connectivity index (χ4n) is 6.02. The summed E-state index contributed by atoms with van der Waals surface area (Å²) in [5, 5.41) is 0. The molecule has 0 aliphatic heterocycles. The van der Waals surface area contributed by atoms with E-state index in [0.717, 1.165) is 62.5 Å². The number of carbonyl (C=O) groups excluding carboxylic acids is 1. The molecule has 53 heavy (non-hydrogen) atoms. The average molecular weight is 687 g/mol. The van der Waals surface area contributed by atoms with Crippen molar-refractivity contribution < 1.29 is 9.53 Å². The first-order chi connectivity index (χ1) is 26.1. The molecule has 0 saturated heterocycles. The quantitative estimate of drug-likeness (QED) is 0.0554. The van der Waals surface area contributed by atoms with E-state index in [2.05, 4.69) is 174 Å². The molecule has 0 saturated carbocycles. The molecule has 4 nitrogen and oxygen atoms in total. The minimum absolute atomic E-state index is 0.469. The van der Waals surface area contributed by atoms with Crippen LogP contribution in [-0.4, -0.2) is 5.97 Å². The largest absolute Gasteiger partial charge is 0.423 e. The maximum Gasteiger partial charge on any atom is 0.335 e. The molecule has 0 aliphatic rings. The van der Waals surface area contributed by atoms with E-state index < -0.39 is 5.97 Å². The van der Waals surface area contributed by atoms with Crippen molar-refractivity contribution in [2.24, 2.45) is 0 Å². The zero-order chi connectivity index (χ0) is 36.2. The van der Waals surface area contributed by atoms with Gasteiger partial charge in [-0.15, -0.1) is 0 Å². The van der Waals surface area contributed by atoms with Gasteiger partial charge in [-0.05, 0) is 107 Å². The Morgan fingerprint density at radius 1 is 0.377 bits per heavy atom. The second-order valence-corrected chi connectivity index (χ2v) is 12.3. The molecule has 0 amide bonds. The number of rotatable bonds is 12. The summed E-state index contributed by atoms with van der Waals surface area (Å²) >= 11 is 0. The van der Waals surface area contributed by atoms with Gasteiger partial charge in [-0.3, -0.25) is 0 Å². The molecule has 0 atom stereocenters. The highest BCUT2D eigenvalue weighted by molar-refractivity contribution is 5.84. The zero-order valence-corrected chi connectivity index (χ0v) is 29.2. The van der Waals surface area contributed by atoms with Crippen molar-refractivity contribution in [3.05, 3.63) is 223 Å². The number of hydrogen-bond donors (Lipinski definition) is 0. The summed E-state index contributed by atoms with van der Waals surface area (Å²) in [6.45, 7) is 3.47. The van der Waals surface area contributed by atoms with Crippen molar-refractivity contribution in [2.75, 3.05) is 9.80 Å². The Morgan fingerprint density at radius 2 is 0.642 bits per heavy atom. The fourth-order valence-corrected chi connectivity index (χ4v) is 6.02. The van der Waals surface area contributed by atoms with Crippen LogP contribution in [0.25, 0.3) is 24.3 Å². The van der Waals surface area contributed by atoms with Gasteiger partial charge in [-0.25, -0.2) is 4.79 Å². The normalized spacial score (nSPS) is 11.0. The molecule has 0 fully saturated rings. The second-order valence-electron chi connectivity index (χ2n) is 12.3. The van der Waals surface area contributed by atoms with Crippen LogP contribution >= 0.6 is 0 Å². The van der Waals surface area contributed by atoms with Crippen LogP contribution in [-0.2, 0) is 4.79 Å². The summed E-state index contributed by atoms with van der Waals surface area (Å²) in [6.07, 6.45) is 9.70. The zero-order valence-electron chi connectivity index (χ0n) is 29.2. The first-order valence-electron chi connectivity index (χ1n) is 17.5. The highest BCUT2D eigenvalue weighted by Crippen LogP contribution is 2.36. The van der Waals surface area contributed by atoms with Crippen molar-refractivity contribution in [1.82, 2.24) is 0 Å². The Hall–Kier alpha value is -7.17. The maximum absolute atomic E-state index is 11.6. The molecule has 256 valence electrons. The van der Waals surface area contributed by atoms with E-state index in [1.54, 1.807) is 12.1 Å². The van der Waals surface area contributed by atoms with Gasteiger partial charge in [0.05, 0.1) is 0 Å². The van der Waals surface area contributed by atoms with Gasteiger partial charge in [0.1, 0.15) is 5.75 Å². The molecule has 0 spiro atoms. The van der Waals surface area contributed by atoms with E-state index in [1.807, 2.05) is 42.5 Å². The van der Waals surface area contributed by atoms with Crippen molar-refractivity contribution in [3.63, 3.8) is 0 Å². The lowest BCUT2D eigenvalue weighted by molar-refractivity contribution is -0.128. The van der Waals surface area contributed by atoms with Gasteiger partial charge in [-0.1, -0.05) is 134 Å². The molecule has 4 heteroatoms. The highest BCUT2D eigenvalue weighted by atomic mass is 16.5. The van der Waals surface area contributed by atoms with Crippen LogP contribution in [0.3, 0.4) is 0 Å². The van der Waals surface area contributed by atoms with Gasteiger partial charge in [0.2, 0.25) is 0 Å². The number of ether oxygens (including phenoxy) is 1. The lowest BCUT2D eigenvalue weighted by Crippen LogP contribution is -2.10. The van der Waals surface area contributed by atoms with Crippen LogP contribution in [0.4, 0.5) is 34.1 Å². The van der Waals surface area contributed by atoms with E-state index in [4.69, 9.17) is 4.74 Å². The predicted octanol–water partition coefficient (Wildman–Crippen LogP) is 13.1. The molecular formula is C49H38N2O2. The summed E-state index contributed by atoms with van der Waals surface area (Å²) < 4.78 is 5.27. The standard InChI is InChI=1S/C49H38N2O2/c1-2-49(52)53-48-36-34-47(35-37-48)51(44-16-10-5-11-17-44)46-32-28-41(29-33-46)25-23-39-20-18-38(19-21-39)22-24-40-26-30-45(31-27-40)50(42-12-6-3-7-13-42)43-14-8-4-9-15-43/h2-37H,1H2/b24-22+,25-23+. The molecule has 7 rings (SSSR count). The lowest BCUT2D eigenvalue weighted by atomic mass is 10.1. The Bertz CT molecular complexity index is 2260. The Balaban J connectivity index is 1.01. The number of esters is 1. The smallest absolute Gasteiger partial charge is 0.335 e. The third-order valence-electron chi connectivity index (χ3n) is 8.70. The van der Waals surface area contributed by atoms with Gasteiger partial charge in [0.15, 0.2) is 0 Å². The predicted molar refractivity (Wildman–Crippen MR) is 222 cm³/mol. The lowest BCUT2D eigenvalue weighted by Gasteiger charge is -2.25. The van der Waals surface area contributed by atoms with Gasteiger partial charge >= 0.3 is 5.97 Å². The minimum Gasteiger partial charge on any atom is -0.423 e. The summed E-state index contributed by atoms with van der Waals surface area (Å²) in [5.74, 6) is -0.0150. The number of hydrogen-bond acceptors (Lipinski definition) is 4. The maximum atomic E-state index is 11.6. The summed E-state index contributed by atoms with van der Waals surface area (Å²) in [7, 11) is 0. The molecule has 0 N–H and O–H groups in total. The SMILES string of the molecule is C=CC(=O)Oc1ccc(N(c2ccccc2)c2ccc(/C=C/c3ccc(/C=C/c4ccc(N(c5ccccc5)c5ccccc5)cc4)cc3)cc2)cc1. The molecule has 7 aromatic carbocycles. The Kier molecular flexibility index (Phi) is 10.8. The topological polar surface area (TPSA) is 32.8 Å². The first kappa shape index (κ1) is 34.3. The van der Waals surface area contributed by atoms with E-state index in [-0.39, 0.29) is 0 Å². The summed E-state index contributed by atoms with van der Waals surface area (Å²) in [4.78, 5) is 16.1. The van der Waals surface area contributed by atoms with Crippen LogP contribution in [0.1, 0.15) is 22.3 Å². The molecular weight excluding hydrogens is 649 g/mol. The van der Waals surface area contributed by atoms with Gasteiger partial charge < -0.3 is 14.5 Å². The van der Waals surface area contributed by atoms with Gasteiger partial charge in [0, 0.05) is 40.2 Å². The third kappa shape index (κ3) is 8.77. The summed E-state index contributed by atoms with van der Waals surface area (Å²) in [6, 6.07) is 64.2. The van der Waals surface area contributed by atoms with Crippen LogP contribution in [0, 0.1) is 0 Å². The molecule has 0 bridgehead atoms. The van der Waals surface area contributed by atoms with Crippen molar-refractivity contribution in [1.29, 1.82) is 0 Å². The molecule has 0 aromatic heterocycles. The Morgan fingerprint density at radius 3 is 0.943 bits per heavy atom. The van der Waals surface area contributed by atoms with Crippen molar-refractivity contribution in [3.8, 4) is 5.75 Å². The number of benzene rings is 7. The number of nitrogens with zero attached hydrogens (tertiary/aromatic N) is 2. The van der Waals surface area contributed by atoms with E-state index in [9.17, 15) is 4.79 Å². The van der Waals surface area contributed by atoms with Gasteiger partial charge in [-0.2, -0.15) is 0 Å². The molecule has 0 unspecified atom stereocenters. The number of anilines is 6. The highest BCUT2D eigenvalue weighted by Gasteiger charge is 2.13. The monoisotopic (exact) mass is 686 g/mol. The van der Waals surface area contributed by atoms with Crippen LogP contribution in [0.5, 0.6) is 5.75 Å². The first-order valence-corrected chi connectivity index (χ1v) is 17.5. The van der Waals surface area contributed by atoms with E-state index in [0.29, 0.717) is 5.75 Å². The van der Waals surface area contributed by atoms with Crippen molar-refractivity contribution >= 4 is 64.4 Å². The van der Waals surface area contributed by atoms with Crippen LogP contribution < -0.4 is 14.5 Å². The van der Waals surface area contributed by atoms with E-state index in [1.165, 1.54) is 0 Å². The fraction of sp³-hybridized carbons (Fsp3) is 0. The van der Waals surface area contributed by atoms with Crippen LogP contribution in [0.15, 0.2) is 201 Å². The second kappa shape index (κ2) is 16.7. The minimum atomic E-state index is -0.484. The average Bonchev–Trinajstić information content (AvgIpc) is 3.22. The number of carbonyl (C=O) groups is 1. The van der Waals surface area contributed by atoms with E-state index >= 15 is 0 Å². The molecule has 0 aliphatic carbocycles. The summed E-state index contributed by atoms with van der Waals surface area (Å²) in [5.41, 5.74) is 10.8. The third-order valence-corrected chi connectivity index (χ3v) is 8.70. The van der Waals surface area contributed by atoms with Gasteiger partial charge in [0.25, 0.3) is 0 Å². The molecule has 7 aromatic rings. The number of para-hydroxylation sites is 3. The van der Waals surface area contributed by atoms with Crippen molar-refractivity contribution in [2.45, 2.75) is 0 Å². The molecule has 0 heterocycles. The van der Waals surface area contributed by atoms with Crippen LogP contribution in [0.2, 0.25) is 0 Å². The Labute approximate surface area is 311 Å². The molecule has 0 radical (unpaired) electrons.